The van der Waals surface area contributed by atoms with Crippen molar-refractivity contribution >= 4 is 40.0 Å². The van der Waals surface area contributed by atoms with Gasteiger partial charge >= 0.3 is 5.97 Å². The number of halogens is 1. The van der Waals surface area contributed by atoms with Gasteiger partial charge in [0, 0.05) is 28.7 Å². The number of aromatic nitrogens is 2. The van der Waals surface area contributed by atoms with Crippen molar-refractivity contribution in [1.82, 2.24) is 9.97 Å². The lowest BCUT2D eigenvalue weighted by atomic mass is 10.1. The monoisotopic (exact) mass is 351 g/mol. The van der Waals surface area contributed by atoms with Gasteiger partial charge in [0.15, 0.2) is 0 Å². The fourth-order valence-electron chi connectivity index (χ4n) is 3.03. The van der Waals surface area contributed by atoms with Crippen LogP contribution >= 0.6 is 11.6 Å². The quantitative estimate of drug-likeness (QED) is 0.404. The number of ether oxygens (including phenoxy) is 1. The maximum atomic E-state index is 11.5. The van der Waals surface area contributed by atoms with E-state index in [9.17, 15) is 4.79 Å². The molecule has 1 aromatic heterocycles. The average Bonchev–Trinajstić information content (AvgIpc) is 3.04. The lowest BCUT2D eigenvalue weighted by Gasteiger charge is -2.20. The first-order valence-electron chi connectivity index (χ1n) is 7.80. The molecule has 1 aliphatic heterocycles. The highest BCUT2D eigenvalue weighted by molar-refractivity contribution is 6.31. The third-order valence-electron chi connectivity index (χ3n) is 4.17. The Morgan fingerprint density at radius 3 is 2.96 bits per heavy atom. The van der Waals surface area contributed by atoms with E-state index in [-0.39, 0.29) is 0 Å². The normalized spacial score (nSPS) is 12.9. The van der Waals surface area contributed by atoms with E-state index in [2.05, 4.69) is 21.4 Å². The Bertz CT molecular complexity index is 1000. The van der Waals surface area contributed by atoms with Crippen molar-refractivity contribution in [3.63, 3.8) is 0 Å². The third kappa shape index (κ3) is 2.83. The molecule has 0 radical (unpaired) electrons. The SMILES string of the molecule is C=CC(=O)Oc1ccc2ncnc(N3CCc4ccc(Cl)cc43)c2c1. The van der Waals surface area contributed by atoms with E-state index in [1.807, 2.05) is 18.2 Å². The third-order valence-corrected chi connectivity index (χ3v) is 4.40. The molecule has 5 nitrogen and oxygen atoms in total. The van der Waals surface area contributed by atoms with Crippen LogP contribution in [0.4, 0.5) is 11.5 Å². The highest BCUT2D eigenvalue weighted by Gasteiger charge is 2.23. The molecule has 0 N–H and O–H groups in total. The zero-order valence-electron chi connectivity index (χ0n) is 13.3. The molecular weight excluding hydrogens is 338 g/mol. The molecule has 0 fully saturated rings. The van der Waals surface area contributed by atoms with Crippen LogP contribution < -0.4 is 9.64 Å². The number of anilines is 2. The number of benzene rings is 2. The van der Waals surface area contributed by atoms with Crippen LogP contribution in [0.25, 0.3) is 10.9 Å². The molecule has 4 rings (SSSR count). The summed E-state index contributed by atoms with van der Waals surface area (Å²) in [6.45, 7) is 4.22. The topological polar surface area (TPSA) is 55.3 Å². The van der Waals surface area contributed by atoms with E-state index in [1.165, 1.54) is 11.9 Å². The predicted molar refractivity (Wildman–Crippen MR) is 97.5 cm³/mol. The van der Waals surface area contributed by atoms with E-state index in [1.54, 1.807) is 18.2 Å². The second kappa shape index (κ2) is 6.18. The molecule has 124 valence electrons. The van der Waals surface area contributed by atoms with Gasteiger partial charge in [0.05, 0.1) is 5.52 Å². The van der Waals surface area contributed by atoms with Crippen LogP contribution in [-0.4, -0.2) is 22.5 Å². The number of carbonyl (C=O) groups excluding carboxylic acids is 1. The second-order valence-corrected chi connectivity index (χ2v) is 6.11. The smallest absolute Gasteiger partial charge is 0.335 e. The van der Waals surface area contributed by atoms with Crippen molar-refractivity contribution in [3.05, 3.63) is 66.0 Å². The van der Waals surface area contributed by atoms with Gasteiger partial charge in [0.25, 0.3) is 0 Å². The Hall–Kier alpha value is -2.92. The molecule has 0 bridgehead atoms. The minimum absolute atomic E-state index is 0.430. The minimum Gasteiger partial charge on any atom is -0.423 e. The first kappa shape index (κ1) is 15.6. The highest BCUT2D eigenvalue weighted by atomic mass is 35.5. The summed E-state index contributed by atoms with van der Waals surface area (Å²) in [4.78, 5) is 22.4. The Labute approximate surface area is 149 Å². The van der Waals surface area contributed by atoms with Gasteiger partial charge in [-0.15, -0.1) is 0 Å². The van der Waals surface area contributed by atoms with E-state index in [4.69, 9.17) is 16.3 Å². The maximum absolute atomic E-state index is 11.5. The molecule has 0 atom stereocenters. The van der Waals surface area contributed by atoms with Crippen LogP contribution in [0.1, 0.15) is 5.56 Å². The summed E-state index contributed by atoms with van der Waals surface area (Å²) in [5.74, 6) is 0.692. The van der Waals surface area contributed by atoms with Crippen molar-refractivity contribution in [3.8, 4) is 5.75 Å². The first-order chi connectivity index (χ1) is 12.2. The Balaban J connectivity index is 1.83. The van der Waals surface area contributed by atoms with Crippen molar-refractivity contribution < 1.29 is 9.53 Å². The van der Waals surface area contributed by atoms with E-state index in [0.717, 1.165) is 41.4 Å². The van der Waals surface area contributed by atoms with Crippen LogP contribution in [0.5, 0.6) is 5.75 Å². The predicted octanol–water partition coefficient (Wildman–Crippen LogP) is 4.07. The summed E-state index contributed by atoms with van der Waals surface area (Å²) < 4.78 is 5.23. The largest absolute Gasteiger partial charge is 0.423 e. The number of hydrogen-bond donors (Lipinski definition) is 0. The molecular formula is C19H14ClN3O2. The standard InChI is InChI=1S/C19H14ClN3O2/c1-2-18(24)25-14-5-6-16-15(10-14)19(22-11-21-16)23-8-7-12-3-4-13(20)9-17(12)23/h2-6,9-11H,1,7-8H2. The molecule has 6 heteroatoms. The van der Waals surface area contributed by atoms with Crippen LogP contribution in [0.2, 0.25) is 5.02 Å². The number of nitrogens with zero attached hydrogens (tertiary/aromatic N) is 3. The Kier molecular flexibility index (Phi) is 3.86. The lowest BCUT2D eigenvalue weighted by molar-refractivity contribution is -0.128. The number of carbonyl (C=O) groups is 1. The summed E-state index contributed by atoms with van der Waals surface area (Å²) in [7, 11) is 0. The summed E-state index contributed by atoms with van der Waals surface area (Å²) in [6.07, 6.45) is 3.59. The Morgan fingerprint density at radius 1 is 1.24 bits per heavy atom. The van der Waals surface area contributed by atoms with Gasteiger partial charge in [0.2, 0.25) is 0 Å². The van der Waals surface area contributed by atoms with Crippen LogP contribution in [0.15, 0.2) is 55.4 Å². The second-order valence-electron chi connectivity index (χ2n) is 5.68. The van der Waals surface area contributed by atoms with Gasteiger partial charge in [-0.3, -0.25) is 0 Å². The molecule has 3 aromatic rings. The van der Waals surface area contributed by atoms with E-state index >= 15 is 0 Å². The summed E-state index contributed by atoms with van der Waals surface area (Å²) in [6, 6.07) is 11.2. The van der Waals surface area contributed by atoms with Crippen molar-refractivity contribution in [2.24, 2.45) is 0 Å². The summed E-state index contributed by atoms with van der Waals surface area (Å²) in [5, 5.41) is 1.49. The maximum Gasteiger partial charge on any atom is 0.335 e. The molecule has 0 saturated heterocycles. The van der Waals surface area contributed by atoms with Gasteiger partial charge < -0.3 is 9.64 Å². The molecule has 0 saturated carbocycles. The number of esters is 1. The zero-order valence-corrected chi connectivity index (χ0v) is 14.0. The summed E-state index contributed by atoms with van der Waals surface area (Å²) in [5.41, 5.74) is 3.05. The molecule has 0 unspecified atom stereocenters. The van der Waals surface area contributed by atoms with Crippen LogP contribution in [-0.2, 0) is 11.2 Å². The van der Waals surface area contributed by atoms with Gasteiger partial charge in [-0.1, -0.05) is 24.2 Å². The molecule has 0 amide bonds. The highest BCUT2D eigenvalue weighted by Crippen LogP contribution is 2.38. The van der Waals surface area contributed by atoms with Crippen LogP contribution in [0.3, 0.4) is 0 Å². The molecule has 25 heavy (non-hydrogen) atoms. The number of fused-ring (bicyclic) bond motifs is 2. The summed E-state index contributed by atoms with van der Waals surface area (Å²) >= 11 is 6.17. The molecule has 0 spiro atoms. The fourth-order valence-corrected chi connectivity index (χ4v) is 3.20. The van der Waals surface area contributed by atoms with Gasteiger partial charge in [-0.05, 0) is 42.3 Å². The van der Waals surface area contributed by atoms with Crippen molar-refractivity contribution in [2.45, 2.75) is 6.42 Å². The van der Waals surface area contributed by atoms with E-state index < -0.39 is 5.97 Å². The Morgan fingerprint density at radius 2 is 2.12 bits per heavy atom. The average molecular weight is 352 g/mol. The number of hydrogen-bond acceptors (Lipinski definition) is 5. The fraction of sp³-hybridized carbons (Fsp3) is 0.105. The van der Waals surface area contributed by atoms with Crippen molar-refractivity contribution in [2.75, 3.05) is 11.4 Å². The molecule has 1 aliphatic rings. The first-order valence-corrected chi connectivity index (χ1v) is 8.18. The molecule has 2 aromatic carbocycles. The van der Waals surface area contributed by atoms with Gasteiger partial charge in [0.1, 0.15) is 17.9 Å². The lowest BCUT2D eigenvalue weighted by Crippen LogP contribution is -2.15. The van der Waals surface area contributed by atoms with Crippen LogP contribution in [0, 0.1) is 0 Å². The molecule has 2 heterocycles. The zero-order chi connectivity index (χ0) is 17.4. The number of rotatable bonds is 3. The van der Waals surface area contributed by atoms with E-state index in [0.29, 0.717) is 10.8 Å². The van der Waals surface area contributed by atoms with Gasteiger partial charge in [-0.2, -0.15) is 0 Å². The molecule has 0 aliphatic carbocycles. The minimum atomic E-state index is -0.504. The van der Waals surface area contributed by atoms with Gasteiger partial charge in [-0.25, -0.2) is 14.8 Å². The van der Waals surface area contributed by atoms with Crippen molar-refractivity contribution in [1.29, 1.82) is 0 Å².